The van der Waals surface area contributed by atoms with Crippen molar-refractivity contribution in [3.63, 3.8) is 0 Å². The molecule has 0 aromatic heterocycles. The van der Waals surface area contributed by atoms with E-state index in [1.807, 2.05) is 0 Å². The van der Waals surface area contributed by atoms with Gasteiger partial charge < -0.3 is 4.74 Å². The highest BCUT2D eigenvalue weighted by Crippen LogP contribution is 2.67. The zero-order valence-electron chi connectivity index (χ0n) is 17.7. The van der Waals surface area contributed by atoms with Crippen molar-refractivity contribution in [1.82, 2.24) is 4.90 Å². The predicted molar refractivity (Wildman–Crippen MR) is 105 cm³/mol. The highest BCUT2D eigenvalue weighted by atomic mass is 19.4. The van der Waals surface area contributed by atoms with Gasteiger partial charge in [-0.1, -0.05) is 11.6 Å². The van der Waals surface area contributed by atoms with Gasteiger partial charge >= 0.3 is 12.4 Å². The van der Waals surface area contributed by atoms with Crippen molar-refractivity contribution in [1.29, 1.82) is 0 Å². The van der Waals surface area contributed by atoms with Crippen LogP contribution in [0.15, 0.2) is 28.5 Å². The molecule has 2 heterocycles. The molecule has 4 fully saturated rings. The minimum absolute atomic E-state index is 0.0944. The zero-order chi connectivity index (χ0) is 23.2. The maximum absolute atomic E-state index is 13.6. The predicted octanol–water partition coefficient (Wildman–Crippen LogP) is 5.37. The summed E-state index contributed by atoms with van der Waals surface area (Å²) in [4.78, 5) is 2.17. The maximum Gasteiger partial charge on any atom is 0.416 e. The monoisotopic (exact) mass is 474 g/mol. The molecule has 180 valence electrons. The molecule has 2 bridgehead atoms. The Labute approximate surface area is 186 Å². The minimum Gasteiger partial charge on any atom is -0.379 e. The first-order valence-electron chi connectivity index (χ1n) is 11.4. The first kappa shape index (κ1) is 21.6. The van der Waals surface area contributed by atoms with Gasteiger partial charge in [0.1, 0.15) is 11.7 Å². The molecule has 2 aliphatic heterocycles. The van der Waals surface area contributed by atoms with E-state index in [0.717, 1.165) is 37.8 Å². The fourth-order valence-electron chi connectivity index (χ4n) is 7.51. The summed E-state index contributed by atoms with van der Waals surface area (Å²) < 4.78 is 87.1. The number of anilines is 1. The molecule has 11 heteroatoms. The fraction of sp³-hybridized carbons (Fsp3) is 0.727. The van der Waals surface area contributed by atoms with E-state index in [1.165, 1.54) is 5.01 Å². The van der Waals surface area contributed by atoms with Crippen molar-refractivity contribution in [2.75, 3.05) is 31.3 Å². The van der Waals surface area contributed by atoms with Crippen LogP contribution in [-0.2, 0) is 17.1 Å². The molecule has 3 aliphatic carbocycles. The third kappa shape index (κ3) is 3.00. The van der Waals surface area contributed by atoms with E-state index in [9.17, 15) is 26.3 Å². The largest absolute Gasteiger partial charge is 0.416 e. The molecule has 5 nitrogen and oxygen atoms in total. The lowest BCUT2D eigenvalue weighted by molar-refractivity contribution is -0.143. The Morgan fingerprint density at radius 2 is 1.52 bits per heavy atom. The number of hydrogen-bond donors (Lipinski definition) is 0. The van der Waals surface area contributed by atoms with Gasteiger partial charge in [0.2, 0.25) is 0 Å². The number of hydrogen-bond acceptors (Lipinski definition) is 5. The molecular weight excluding hydrogens is 450 g/mol. The summed E-state index contributed by atoms with van der Waals surface area (Å²) in [5.74, 6) is 1.26. The summed E-state index contributed by atoms with van der Waals surface area (Å²) in [5, 5.41) is 10.2. The van der Waals surface area contributed by atoms with Gasteiger partial charge in [0.05, 0.1) is 30.0 Å². The van der Waals surface area contributed by atoms with E-state index in [-0.39, 0.29) is 29.6 Å². The lowest BCUT2D eigenvalue weighted by Crippen LogP contribution is -2.69. The molecular formula is C22H24F6N4O. The third-order valence-corrected chi connectivity index (χ3v) is 8.54. The number of alkyl halides is 6. The molecule has 6 atom stereocenters. The number of nitrogens with zero attached hydrogens (tertiary/aromatic N) is 4. The van der Waals surface area contributed by atoms with Crippen LogP contribution in [0.3, 0.4) is 0 Å². The van der Waals surface area contributed by atoms with Crippen molar-refractivity contribution in [3.8, 4) is 0 Å². The molecule has 33 heavy (non-hydrogen) atoms. The smallest absolute Gasteiger partial charge is 0.379 e. The molecule has 0 radical (unpaired) electrons. The van der Waals surface area contributed by atoms with Crippen molar-refractivity contribution in [2.45, 2.75) is 49.7 Å². The topological polar surface area (TPSA) is 40.4 Å². The number of rotatable bonds is 2. The number of halogens is 6. The lowest BCUT2D eigenvalue weighted by atomic mass is 9.71. The Bertz CT molecular complexity index is 942. The second kappa shape index (κ2) is 7.07. The highest BCUT2D eigenvalue weighted by molar-refractivity contribution is 5.56. The van der Waals surface area contributed by atoms with Gasteiger partial charge in [0.25, 0.3) is 0 Å². The van der Waals surface area contributed by atoms with Crippen LogP contribution in [0, 0.1) is 23.7 Å². The van der Waals surface area contributed by atoms with Crippen LogP contribution in [0.1, 0.15) is 36.8 Å². The van der Waals surface area contributed by atoms with Gasteiger partial charge in [0, 0.05) is 19.0 Å². The third-order valence-electron chi connectivity index (χ3n) is 8.54. The van der Waals surface area contributed by atoms with Gasteiger partial charge in [-0.15, -0.1) is 0 Å². The van der Waals surface area contributed by atoms with E-state index < -0.39 is 29.1 Å². The van der Waals surface area contributed by atoms with Gasteiger partial charge in [-0.05, 0) is 55.2 Å². The molecule has 0 spiro atoms. The Kier molecular flexibility index (Phi) is 4.63. The van der Waals surface area contributed by atoms with Gasteiger partial charge in [-0.25, -0.2) is 5.01 Å². The van der Waals surface area contributed by atoms with Crippen LogP contribution in [0.4, 0.5) is 32.0 Å². The van der Waals surface area contributed by atoms with Crippen molar-refractivity contribution < 1.29 is 31.1 Å². The Hall–Kier alpha value is -1.88. The van der Waals surface area contributed by atoms with E-state index in [0.29, 0.717) is 38.1 Å². The second-order valence-electron chi connectivity index (χ2n) is 9.87. The quantitative estimate of drug-likeness (QED) is 0.541. The van der Waals surface area contributed by atoms with Crippen LogP contribution in [-0.4, -0.2) is 42.9 Å². The summed E-state index contributed by atoms with van der Waals surface area (Å²) in [7, 11) is 0. The Morgan fingerprint density at radius 1 is 0.879 bits per heavy atom. The molecule has 1 saturated heterocycles. The van der Waals surface area contributed by atoms with Crippen LogP contribution in [0.5, 0.6) is 0 Å². The van der Waals surface area contributed by atoms with E-state index in [2.05, 4.69) is 15.2 Å². The average Bonchev–Trinajstić information content (AvgIpc) is 3.51. The first-order valence-corrected chi connectivity index (χ1v) is 11.4. The van der Waals surface area contributed by atoms with Gasteiger partial charge in [-0.3, -0.25) is 4.90 Å². The van der Waals surface area contributed by atoms with Gasteiger partial charge in [0.15, 0.2) is 0 Å². The summed E-state index contributed by atoms with van der Waals surface area (Å²) in [6, 6.07) is 1.49. The van der Waals surface area contributed by atoms with Crippen LogP contribution in [0.2, 0.25) is 0 Å². The number of ether oxygens (including phenoxy) is 1. The zero-order valence-corrected chi connectivity index (χ0v) is 17.7. The minimum atomic E-state index is -4.91. The highest BCUT2D eigenvalue weighted by Gasteiger charge is 2.73. The fourth-order valence-corrected chi connectivity index (χ4v) is 7.51. The first-order chi connectivity index (χ1) is 15.6. The molecule has 1 aromatic carbocycles. The lowest BCUT2D eigenvalue weighted by Gasteiger charge is -2.54. The van der Waals surface area contributed by atoms with Crippen LogP contribution in [0.25, 0.3) is 0 Å². The van der Waals surface area contributed by atoms with Crippen molar-refractivity contribution >= 4 is 5.69 Å². The number of morpholine rings is 1. The summed E-state index contributed by atoms with van der Waals surface area (Å²) in [5.41, 5.74) is -3.69. The van der Waals surface area contributed by atoms with E-state index in [4.69, 9.17) is 4.74 Å². The summed E-state index contributed by atoms with van der Waals surface area (Å²) in [6.45, 7) is 2.02. The molecule has 0 N–H and O–H groups in total. The summed E-state index contributed by atoms with van der Waals surface area (Å²) >= 11 is 0. The molecule has 0 amide bonds. The SMILES string of the molecule is FC(F)(F)c1cc(N2N=N[C@H]3[C@@H]4C[C@@H]([C@H]5CCC[C@H]45)[C@]32N2CCOCC2)cc(C(F)(F)F)c1. The van der Waals surface area contributed by atoms with E-state index in [1.54, 1.807) is 0 Å². The Morgan fingerprint density at radius 3 is 2.15 bits per heavy atom. The molecule has 3 saturated carbocycles. The molecule has 1 aromatic rings. The number of fused-ring (bicyclic) bond motifs is 8. The maximum atomic E-state index is 13.6. The molecule has 5 aliphatic rings. The van der Waals surface area contributed by atoms with E-state index >= 15 is 0 Å². The van der Waals surface area contributed by atoms with Crippen molar-refractivity contribution in [2.24, 2.45) is 34.0 Å². The van der Waals surface area contributed by atoms with Gasteiger partial charge in [-0.2, -0.15) is 31.5 Å². The van der Waals surface area contributed by atoms with Crippen molar-refractivity contribution in [3.05, 3.63) is 29.3 Å². The van der Waals surface area contributed by atoms with Crippen LogP contribution < -0.4 is 5.01 Å². The molecule has 0 unspecified atom stereocenters. The van der Waals surface area contributed by atoms with Crippen LogP contribution >= 0.6 is 0 Å². The average molecular weight is 474 g/mol. The molecule has 6 rings (SSSR count). The summed E-state index contributed by atoms with van der Waals surface area (Å²) in [6.07, 6.45) is -5.69. The standard InChI is InChI=1S/C22H24F6N4O/c23-21(24,25)12-8-13(22(26,27)28)10-14(9-12)32-20(31-4-6-33-7-5-31)18-11-17(19(20)29-30-32)15-2-1-3-16(15)18/h8-10,15-19H,1-7,11H2/t15-,16-,17+,18-,19-,20+/m0/s1. The normalized spacial score (nSPS) is 38.2. The Balaban J connectivity index is 1.51. The number of benzene rings is 1. The second-order valence-corrected chi connectivity index (χ2v) is 9.87.